The molecular formula is C23H19FN4O4. The van der Waals surface area contributed by atoms with Crippen LogP contribution in [0.25, 0.3) is 10.8 Å². The third-order valence-electron chi connectivity index (χ3n) is 5.13. The minimum Gasteiger partial charge on any atom is -0.465 e. The van der Waals surface area contributed by atoms with Crippen LogP contribution in [-0.2, 0) is 14.3 Å². The smallest absolute Gasteiger partial charge is 0.339 e. The van der Waals surface area contributed by atoms with Gasteiger partial charge in [0.15, 0.2) is 0 Å². The van der Waals surface area contributed by atoms with Gasteiger partial charge in [0, 0.05) is 6.42 Å². The molecule has 1 unspecified atom stereocenters. The standard InChI is InChI=1S/C23H19FN4O4/c1-32-23(31)17-10-13-4-2-3-5-14(13)11-18(17)26-22(30)19-12-20(21(25)29)28(27-19)16-8-6-15(24)7-9-16/h2-11,20H,12H2,1H3,(H2,25,29)(H,26,30). The van der Waals surface area contributed by atoms with E-state index in [0.717, 1.165) is 10.8 Å². The molecule has 1 aliphatic rings. The van der Waals surface area contributed by atoms with E-state index < -0.39 is 29.6 Å². The number of rotatable bonds is 5. The number of hydrogen-bond acceptors (Lipinski definition) is 6. The summed E-state index contributed by atoms with van der Waals surface area (Å²) in [5.74, 6) is -2.33. The molecule has 162 valence electrons. The normalized spacial score (nSPS) is 15.4. The summed E-state index contributed by atoms with van der Waals surface area (Å²) >= 11 is 0. The molecule has 3 aromatic carbocycles. The lowest BCUT2D eigenvalue weighted by Crippen LogP contribution is -2.39. The highest BCUT2D eigenvalue weighted by molar-refractivity contribution is 6.44. The molecule has 0 radical (unpaired) electrons. The maximum absolute atomic E-state index is 13.3. The number of nitrogens with zero attached hydrogens (tertiary/aromatic N) is 2. The van der Waals surface area contributed by atoms with Gasteiger partial charge in [-0.05, 0) is 47.2 Å². The van der Waals surface area contributed by atoms with Gasteiger partial charge in [0.2, 0.25) is 5.91 Å². The number of fused-ring (bicyclic) bond motifs is 1. The summed E-state index contributed by atoms with van der Waals surface area (Å²) in [7, 11) is 1.25. The van der Waals surface area contributed by atoms with E-state index in [4.69, 9.17) is 10.5 Å². The van der Waals surface area contributed by atoms with E-state index in [0.29, 0.717) is 5.69 Å². The molecule has 4 rings (SSSR count). The summed E-state index contributed by atoms with van der Waals surface area (Å²) in [6, 6.07) is 15.1. The summed E-state index contributed by atoms with van der Waals surface area (Å²) in [5, 5.41) is 9.84. The number of amides is 2. The van der Waals surface area contributed by atoms with Crippen LogP contribution < -0.4 is 16.1 Å². The molecular weight excluding hydrogens is 415 g/mol. The van der Waals surface area contributed by atoms with Crippen molar-refractivity contribution >= 4 is 45.6 Å². The van der Waals surface area contributed by atoms with Crippen LogP contribution in [0.3, 0.4) is 0 Å². The Balaban J connectivity index is 1.66. The number of methoxy groups -OCH3 is 1. The van der Waals surface area contributed by atoms with Crippen LogP contribution >= 0.6 is 0 Å². The predicted octanol–water partition coefficient (Wildman–Crippen LogP) is 2.82. The van der Waals surface area contributed by atoms with Crippen molar-refractivity contribution in [1.82, 2.24) is 0 Å². The predicted molar refractivity (Wildman–Crippen MR) is 118 cm³/mol. The van der Waals surface area contributed by atoms with Gasteiger partial charge in [-0.2, -0.15) is 5.10 Å². The van der Waals surface area contributed by atoms with E-state index in [-0.39, 0.29) is 23.4 Å². The number of hydrogen-bond donors (Lipinski definition) is 2. The molecule has 1 aliphatic heterocycles. The molecule has 1 atom stereocenters. The van der Waals surface area contributed by atoms with Crippen LogP contribution in [0, 0.1) is 5.82 Å². The highest BCUT2D eigenvalue weighted by atomic mass is 19.1. The van der Waals surface area contributed by atoms with Crippen LogP contribution in [-0.4, -0.2) is 36.6 Å². The van der Waals surface area contributed by atoms with Gasteiger partial charge in [0.05, 0.1) is 24.0 Å². The second-order valence-corrected chi connectivity index (χ2v) is 7.18. The summed E-state index contributed by atoms with van der Waals surface area (Å²) < 4.78 is 18.1. The first kappa shape index (κ1) is 21.0. The molecule has 0 saturated carbocycles. The zero-order valence-corrected chi connectivity index (χ0v) is 17.0. The number of carbonyl (C=O) groups is 3. The third kappa shape index (κ3) is 4.00. The van der Waals surface area contributed by atoms with E-state index in [2.05, 4.69) is 10.4 Å². The Morgan fingerprint density at radius 1 is 1.09 bits per heavy atom. The first-order valence-electron chi connectivity index (χ1n) is 9.71. The van der Waals surface area contributed by atoms with Crippen molar-refractivity contribution in [2.45, 2.75) is 12.5 Å². The van der Waals surface area contributed by atoms with Gasteiger partial charge < -0.3 is 15.8 Å². The van der Waals surface area contributed by atoms with Gasteiger partial charge in [-0.15, -0.1) is 0 Å². The van der Waals surface area contributed by atoms with E-state index in [1.807, 2.05) is 24.3 Å². The highest BCUT2D eigenvalue weighted by Gasteiger charge is 2.35. The maximum atomic E-state index is 13.3. The Kier molecular flexibility index (Phi) is 5.55. The van der Waals surface area contributed by atoms with E-state index in [1.54, 1.807) is 12.1 Å². The molecule has 3 N–H and O–H groups in total. The lowest BCUT2D eigenvalue weighted by Gasteiger charge is -2.20. The fourth-order valence-electron chi connectivity index (χ4n) is 3.52. The van der Waals surface area contributed by atoms with Crippen molar-refractivity contribution in [2.24, 2.45) is 10.8 Å². The molecule has 0 aliphatic carbocycles. The highest BCUT2D eigenvalue weighted by Crippen LogP contribution is 2.28. The first-order valence-corrected chi connectivity index (χ1v) is 9.71. The summed E-state index contributed by atoms with van der Waals surface area (Å²) in [4.78, 5) is 37.2. The average molecular weight is 434 g/mol. The summed E-state index contributed by atoms with van der Waals surface area (Å²) in [5.41, 5.74) is 6.38. The Bertz CT molecular complexity index is 1260. The molecule has 2 amide bonds. The number of hydrazone groups is 1. The van der Waals surface area contributed by atoms with Gasteiger partial charge in [0.1, 0.15) is 17.6 Å². The van der Waals surface area contributed by atoms with Crippen molar-refractivity contribution in [3.8, 4) is 0 Å². The third-order valence-corrected chi connectivity index (χ3v) is 5.13. The zero-order chi connectivity index (χ0) is 22.8. The van der Waals surface area contributed by atoms with Crippen LogP contribution in [0.1, 0.15) is 16.8 Å². The van der Waals surface area contributed by atoms with Crippen LogP contribution in [0.5, 0.6) is 0 Å². The van der Waals surface area contributed by atoms with Crippen LogP contribution in [0.4, 0.5) is 15.8 Å². The molecule has 0 aromatic heterocycles. The van der Waals surface area contributed by atoms with Crippen molar-refractivity contribution < 1.29 is 23.5 Å². The van der Waals surface area contributed by atoms with Crippen molar-refractivity contribution in [2.75, 3.05) is 17.4 Å². The second kappa shape index (κ2) is 8.46. The van der Waals surface area contributed by atoms with Crippen LogP contribution in [0.2, 0.25) is 0 Å². The van der Waals surface area contributed by atoms with Crippen molar-refractivity contribution in [3.05, 3.63) is 72.0 Å². The fourth-order valence-corrected chi connectivity index (χ4v) is 3.52. The Morgan fingerprint density at radius 3 is 2.38 bits per heavy atom. The number of nitrogens with two attached hydrogens (primary N) is 1. The largest absolute Gasteiger partial charge is 0.465 e. The molecule has 3 aromatic rings. The second-order valence-electron chi connectivity index (χ2n) is 7.18. The number of ether oxygens (including phenoxy) is 1. The Hall–Kier alpha value is -4.27. The van der Waals surface area contributed by atoms with Gasteiger partial charge >= 0.3 is 5.97 Å². The van der Waals surface area contributed by atoms with Gasteiger partial charge in [-0.3, -0.25) is 14.6 Å². The maximum Gasteiger partial charge on any atom is 0.339 e. The lowest BCUT2D eigenvalue weighted by molar-refractivity contribution is -0.119. The van der Waals surface area contributed by atoms with E-state index in [1.165, 1.54) is 36.4 Å². The van der Waals surface area contributed by atoms with Crippen molar-refractivity contribution in [1.29, 1.82) is 0 Å². The summed E-state index contributed by atoms with van der Waals surface area (Å²) in [6.07, 6.45) is -0.0420. The van der Waals surface area contributed by atoms with Crippen molar-refractivity contribution in [3.63, 3.8) is 0 Å². The molecule has 0 spiro atoms. The molecule has 32 heavy (non-hydrogen) atoms. The van der Waals surface area contributed by atoms with E-state index in [9.17, 15) is 18.8 Å². The number of anilines is 2. The Labute approximate surface area is 182 Å². The molecule has 0 fully saturated rings. The number of primary amides is 1. The van der Waals surface area contributed by atoms with Gasteiger partial charge in [-0.1, -0.05) is 24.3 Å². The average Bonchev–Trinajstić information content (AvgIpc) is 3.24. The van der Waals surface area contributed by atoms with Gasteiger partial charge in [0.25, 0.3) is 5.91 Å². The molecule has 0 bridgehead atoms. The lowest BCUT2D eigenvalue weighted by atomic mass is 10.0. The summed E-state index contributed by atoms with van der Waals surface area (Å²) in [6.45, 7) is 0. The van der Waals surface area contributed by atoms with Crippen LogP contribution in [0.15, 0.2) is 65.8 Å². The first-order chi connectivity index (χ1) is 15.4. The minimum atomic E-state index is -0.905. The Morgan fingerprint density at radius 2 is 1.75 bits per heavy atom. The SMILES string of the molecule is COC(=O)c1cc2ccccc2cc1NC(=O)C1=NN(c2ccc(F)cc2)C(C(N)=O)C1. The number of halogens is 1. The molecule has 0 saturated heterocycles. The van der Waals surface area contributed by atoms with E-state index >= 15 is 0 Å². The fraction of sp³-hybridized carbons (Fsp3) is 0.130. The number of nitrogens with one attached hydrogen (secondary N) is 1. The van der Waals surface area contributed by atoms with Gasteiger partial charge in [-0.25, -0.2) is 9.18 Å². The number of benzene rings is 3. The monoisotopic (exact) mass is 434 g/mol. The quantitative estimate of drug-likeness (QED) is 0.600. The number of carbonyl (C=O) groups excluding carboxylic acids is 3. The zero-order valence-electron chi connectivity index (χ0n) is 17.0. The molecule has 1 heterocycles. The number of esters is 1. The molecule has 8 nitrogen and oxygen atoms in total. The topological polar surface area (TPSA) is 114 Å². The molecule has 9 heteroatoms. The minimum absolute atomic E-state index is 0.0420.